The lowest BCUT2D eigenvalue weighted by Crippen LogP contribution is -2.10. The van der Waals surface area contributed by atoms with E-state index in [-0.39, 0.29) is 0 Å². The number of aromatic nitrogens is 2. The Kier molecular flexibility index (Phi) is 4.88. The number of hydrogen-bond donors (Lipinski definition) is 2. The number of hydrogen-bond acceptors (Lipinski definition) is 5. The Balaban J connectivity index is 1.64. The second-order valence-corrected chi connectivity index (χ2v) is 6.39. The maximum atomic E-state index is 4.55. The van der Waals surface area contributed by atoms with E-state index in [1.54, 1.807) is 0 Å². The van der Waals surface area contributed by atoms with E-state index in [1.807, 2.05) is 30.3 Å². The molecule has 5 heteroatoms. The minimum Gasteiger partial charge on any atom is -0.383 e. The minimum absolute atomic E-state index is 0.426. The SMILES string of the molecule is CC(C)Nc1cccc(CNc2nc(-c3ccccc3)ns2)c1. The van der Waals surface area contributed by atoms with Crippen LogP contribution in [0, 0.1) is 0 Å². The number of nitrogens with zero attached hydrogens (tertiary/aromatic N) is 2. The Morgan fingerprint density at radius 3 is 2.65 bits per heavy atom. The Labute approximate surface area is 140 Å². The van der Waals surface area contributed by atoms with Crippen LogP contribution in [0.4, 0.5) is 10.8 Å². The molecule has 0 saturated carbocycles. The minimum atomic E-state index is 0.426. The highest BCUT2D eigenvalue weighted by molar-refractivity contribution is 7.09. The molecular weight excluding hydrogens is 304 g/mol. The van der Waals surface area contributed by atoms with E-state index in [0.717, 1.165) is 28.8 Å². The normalized spacial score (nSPS) is 10.7. The lowest BCUT2D eigenvalue weighted by molar-refractivity contribution is 0.899. The number of anilines is 2. The quantitative estimate of drug-likeness (QED) is 0.693. The topological polar surface area (TPSA) is 49.8 Å². The van der Waals surface area contributed by atoms with E-state index < -0.39 is 0 Å². The van der Waals surface area contributed by atoms with Crippen molar-refractivity contribution in [2.45, 2.75) is 26.4 Å². The van der Waals surface area contributed by atoms with E-state index in [0.29, 0.717) is 6.04 Å². The first-order chi connectivity index (χ1) is 11.2. The predicted molar refractivity (Wildman–Crippen MR) is 97.9 cm³/mol. The van der Waals surface area contributed by atoms with Crippen LogP contribution in [0.2, 0.25) is 0 Å². The molecule has 1 heterocycles. The molecule has 0 saturated heterocycles. The lowest BCUT2D eigenvalue weighted by Gasteiger charge is -2.11. The van der Waals surface area contributed by atoms with Crippen molar-refractivity contribution in [1.29, 1.82) is 0 Å². The van der Waals surface area contributed by atoms with E-state index >= 15 is 0 Å². The van der Waals surface area contributed by atoms with Crippen molar-refractivity contribution in [1.82, 2.24) is 9.36 Å². The van der Waals surface area contributed by atoms with Crippen LogP contribution in [0.15, 0.2) is 54.6 Å². The van der Waals surface area contributed by atoms with Crippen molar-refractivity contribution in [2.24, 2.45) is 0 Å². The van der Waals surface area contributed by atoms with Crippen molar-refractivity contribution in [3.63, 3.8) is 0 Å². The Hall–Kier alpha value is -2.40. The Morgan fingerprint density at radius 2 is 1.87 bits per heavy atom. The van der Waals surface area contributed by atoms with E-state index in [2.05, 4.69) is 58.1 Å². The highest BCUT2D eigenvalue weighted by atomic mass is 32.1. The first kappa shape index (κ1) is 15.5. The average Bonchev–Trinajstić information content (AvgIpc) is 3.02. The van der Waals surface area contributed by atoms with Crippen LogP contribution in [0.3, 0.4) is 0 Å². The van der Waals surface area contributed by atoms with Gasteiger partial charge >= 0.3 is 0 Å². The molecule has 118 valence electrons. The van der Waals surface area contributed by atoms with Gasteiger partial charge in [-0.3, -0.25) is 0 Å². The molecule has 0 aliphatic heterocycles. The average molecular weight is 324 g/mol. The fourth-order valence-corrected chi connectivity index (χ4v) is 2.87. The largest absolute Gasteiger partial charge is 0.383 e. The molecule has 1 aromatic heterocycles. The van der Waals surface area contributed by atoms with Crippen LogP contribution in [0.5, 0.6) is 0 Å². The molecule has 0 radical (unpaired) electrons. The lowest BCUT2D eigenvalue weighted by atomic mass is 10.2. The molecule has 3 aromatic rings. The second kappa shape index (κ2) is 7.24. The van der Waals surface area contributed by atoms with Gasteiger partial charge in [-0.05, 0) is 31.5 Å². The summed E-state index contributed by atoms with van der Waals surface area (Å²) in [6, 6.07) is 18.9. The standard InChI is InChI=1S/C18H20N4S/c1-13(2)20-16-10-6-7-14(11-16)12-19-18-21-17(22-23-18)15-8-4-3-5-9-15/h3-11,13,20H,12H2,1-2H3,(H,19,21,22). The van der Waals surface area contributed by atoms with Crippen molar-refractivity contribution < 1.29 is 0 Å². The molecule has 2 N–H and O–H groups in total. The molecular formula is C18H20N4S. The molecule has 0 atom stereocenters. The van der Waals surface area contributed by atoms with Gasteiger partial charge < -0.3 is 10.6 Å². The first-order valence-corrected chi connectivity index (χ1v) is 8.46. The number of rotatable bonds is 6. The third-order valence-corrected chi connectivity index (χ3v) is 3.96. The monoisotopic (exact) mass is 324 g/mol. The smallest absolute Gasteiger partial charge is 0.203 e. The molecule has 0 fully saturated rings. The van der Waals surface area contributed by atoms with Gasteiger partial charge in [0.15, 0.2) is 5.82 Å². The van der Waals surface area contributed by atoms with Crippen molar-refractivity contribution >= 4 is 22.4 Å². The molecule has 2 aromatic carbocycles. The van der Waals surface area contributed by atoms with Gasteiger partial charge in [-0.25, -0.2) is 0 Å². The summed E-state index contributed by atoms with van der Waals surface area (Å²) in [6.45, 7) is 5.01. The zero-order chi connectivity index (χ0) is 16.1. The fraction of sp³-hybridized carbons (Fsp3) is 0.222. The molecule has 0 aliphatic rings. The summed E-state index contributed by atoms with van der Waals surface area (Å²) in [5.41, 5.74) is 3.40. The molecule has 0 amide bonds. The summed E-state index contributed by atoms with van der Waals surface area (Å²) < 4.78 is 4.41. The van der Waals surface area contributed by atoms with Crippen LogP contribution in [0.1, 0.15) is 19.4 Å². The van der Waals surface area contributed by atoms with Gasteiger partial charge in [0.2, 0.25) is 5.13 Å². The molecule has 23 heavy (non-hydrogen) atoms. The summed E-state index contributed by atoms with van der Waals surface area (Å²) in [4.78, 5) is 4.55. The van der Waals surface area contributed by atoms with Crippen LogP contribution in [-0.4, -0.2) is 15.4 Å². The zero-order valence-electron chi connectivity index (χ0n) is 13.3. The molecule has 0 unspecified atom stereocenters. The highest BCUT2D eigenvalue weighted by Gasteiger charge is 2.06. The summed E-state index contributed by atoms with van der Waals surface area (Å²) in [6.07, 6.45) is 0. The maximum absolute atomic E-state index is 4.55. The highest BCUT2D eigenvalue weighted by Crippen LogP contribution is 2.21. The zero-order valence-corrected chi connectivity index (χ0v) is 14.1. The van der Waals surface area contributed by atoms with Gasteiger partial charge in [-0.15, -0.1) is 0 Å². The van der Waals surface area contributed by atoms with Crippen molar-refractivity contribution in [3.05, 3.63) is 60.2 Å². The maximum Gasteiger partial charge on any atom is 0.203 e. The van der Waals surface area contributed by atoms with Gasteiger partial charge in [-0.2, -0.15) is 9.36 Å². The molecule has 4 nitrogen and oxygen atoms in total. The molecule has 0 bridgehead atoms. The van der Waals surface area contributed by atoms with Crippen LogP contribution in [-0.2, 0) is 6.54 Å². The first-order valence-electron chi connectivity index (χ1n) is 7.69. The van der Waals surface area contributed by atoms with Gasteiger partial charge in [0.1, 0.15) is 0 Å². The van der Waals surface area contributed by atoms with E-state index in [1.165, 1.54) is 17.1 Å². The van der Waals surface area contributed by atoms with Gasteiger partial charge in [0.25, 0.3) is 0 Å². The van der Waals surface area contributed by atoms with Crippen molar-refractivity contribution in [2.75, 3.05) is 10.6 Å². The van der Waals surface area contributed by atoms with Crippen LogP contribution >= 0.6 is 11.5 Å². The summed E-state index contributed by atoms with van der Waals surface area (Å²) in [7, 11) is 0. The number of benzene rings is 2. The van der Waals surface area contributed by atoms with Crippen LogP contribution < -0.4 is 10.6 Å². The van der Waals surface area contributed by atoms with E-state index in [9.17, 15) is 0 Å². The Morgan fingerprint density at radius 1 is 1.04 bits per heavy atom. The number of nitrogens with one attached hydrogen (secondary N) is 2. The van der Waals surface area contributed by atoms with Gasteiger partial charge in [0.05, 0.1) is 0 Å². The predicted octanol–water partition coefficient (Wildman–Crippen LogP) is 4.64. The summed E-state index contributed by atoms with van der Waals surface area (Å²) in [5, 5.41) is 7.60. The van der Waals surface area contributed by atoms with Crippen LogP contribution in [0.25, 0.3) is 11.4 Å². The summed E-state index contributed by atoms with van der Waals surface area (Å²) in [5.74, 6) is 0.772. The third kappa shape index (κ3) is 4.29. The Bertz CT molecular complexity index is 752. The van der Waals surface area contributed by atoms with Gasteiger partial charge in [-0.1, -0.05) is 42.5 Å². The third-order valence-electron chi connectivity index (χ3n) is 3.28. The van der Waals surface area contributed by atoms with Crippen molar-refractivity contribution in [3.8, 4) is 11.4 Å². The van der Waals surface area contributed by atoms with E-state index in [4.69, 9.17) is 0 Å². The molecule has 3 rings (SSSR count). The summed E-state index contributed by atoms with van der Waals surface area (Å²) >= 11 is 1.39. The molecule has 0 spiro atoms. The fourth-order valence-electron chi connectivity index (χ4n) is 2.28. The van der Waals surface area contributed by atoms with Gasteiger partial charge in [0, 0.05) is 35.4 Å². The second-order valence-electron chi connectivity index (χ2n) is 5.64. The molecule has 0 aliphatic carbocycles.